The molecule has 0 aliphatic heterocycles. The molecule has 25 heavy (non-hydrogen) atoms. The molecule has 0 aliphatic carbocycles. The zero-order chi connectivity index (χ0) is 18.7. The fraction of sp³-hybridized carbons (Fsp3) is 0.400. The van der Waals surface area contributed by atoms with Crippen LogP contribution in [0.15, 0.2) is 31.6 Å². The number of methoxy groups -OCH3 is 1. The van der Waals surface area contributed by atoms with Crippen LogP contribution in [0.3, 0.4) is 0 Å². The predicted octanol–water partition coefficient (Wildman–Crippen LogP) is -1.51. The number of ether oxygens (including phenoxy) is 1. The van der Waals surface area contributed by atoms with E-state index in [9.17, 15) is 24.0 Å². The number of rotatable bonds is 5. The van der Waals surface area contributed by atoms with Gasteiger partial charge in [-0.2, -0.15) is 0 Å². The number of aromatic amines is 2. The molecule has 0 radical (unpaired) electrons. The molecule has 0 saturated carbocycles. The summed E-state index contributed by atoms with van der Waals surface area (Å²) in [5.41, 5.74) is -1.75. The molecule has 134 valence electrons. The molecule has 0 atom stereocenters. The van der Waals surface area contributed by atoms with E-state index in [2.05, 4.69) is 9.97 Å². The first-order valence-corrected chi connectivity index (χ1v) is 7.41. The van der Waals surface area contributed by atoms with E-state index in [0.29, 0.717) is 11.1 Å². The second-order valence-electron chi connectivity index (χ2n) is 5.67. The van der Waals surface area contributed by atoms with Gasteiger partial charge < -0.3 is 4.74 Å². The molecule has 0 amide bonds. The SMILES string of the molecule is COC(=O)C(Cn1cc(C)c(=O)[nH]c1=O)Cn1cc(C)c(=O)[nH]c1=O. The second kappa shape index (κ2) is 7.16. The highest BCUT2D eigenvalue weighted by Crippen LogP contribution is 2.06. The Kier molecular flexibility index (Phi) is 5.20. The van der Waals surface area contributed by atoms with Gasteiger partial charge in [-0.1, -0.05) is 0 Å². The van der Waals surface area contributed by atoms with Gasteiger partial charge in [0.25, 0.3) is 11.1 Å². The van der Waals surface area contributed by atoms with Gasteiger partial charge in [-0.05, 0) is 13.8 Å². The zero-order valence-electron chi connectivity index (χ0n) is 14.0. The first-order chi connectivity index (χ1) is 11.7. The van der Waals surface area contributed by atoms with Gasteiger partial charge in [-0.25, -0.2) is 9.59 Å². The van der Waals surface area contributed by atoms with Crippen molar-refractivity contribution in [2.24, 2.45) is 5.92 Å². The lowest BCUT2D eigenvalue weighted by molar-refractivity contribution is -0.146. The van der Waals surface area contributed by atoms with Crippen LogP contribution in [0.2, 0.25) is 0 Å². The smallest absolute Gasteiger partial charge is 0.328 e. The van der Waals surface area contributed by atoms with E-state index >= 15 is 0 Å². The standard InChI is InChI=1S/C15H18N4O6/c1-8-4-18(14(23)16-11(8)20)6-10(13(22)25-3)7-19-5-9(2)12(21)17-15(19)24/h4-5,10H,6-7H2,1-3H3,(H,16,20,23)(H,17,21,24). The highest BCUT2D eigenvalue weighted by Gasteiger charge is 2.22. The molecule has 2 rings (SSSR count). The quantitative estimate of drug-likeness (QED) is 0.629. The molecular formula is C15H18N4O6. The van der Waals surface area contributed by atoms with E-state index in [4.69, 9.17) is 4.74 Å². The number of nitrogens with one attached hydrogen (secondary N) is 2. The molecule has 0 aromatic carbocycles. The van der Waals surface area contributed by atoms with Gasteiger partial charge in [0, 0.05) is 36.6 Å². The third-order valence-electron chi connectivity index (χ3n) is 3.75. The van der Waals surface area contributed by atoms with Crippen LogP contribution in [0.5, 0.6) is 0 Å². The van der Waals surface area contributed by atoms with E-state index in [0.717, 1.165) is 0 Å². The Balaban J connectivity index is 2.40. The van der Waals surface area contributed by atoms with Crippen molar-refractivity contribution in [2.45, 2.75) is 26.9 Å². The van der Waals surface area contributed by atoms with Gasteiger partial charge >= 0.3 is 17.3 Å². The van der Waals surface area contributed by atoms with E-state index in [-0.39, 0.29) is 13.1 Å². The lowest BCUT2D eigenvalue weighted by Gasteiger charge is -2.17. The van der Waals surface area contributed by atoms with Crippen molar-refractivity contribution in [3.05, 3.63) is 65.2 Å². The number of aromatic nitrogens is 4. The average Bonchev–Trinajstić information content (AvgIpc) is 2.55. The fourth-order valence-corrected chi connectivity index (χ4v) is 2.36. The molecular weight excluding hydrogens is 332 g/mol. The van der Waals surface area contributed by atoms with Crippen LogP contribution in [0.25, 0.3) is 0 Å². The van der Waals surface area contributed by atoms with Crippen molar-refractivity contribution in [1.29, 1.82) is 0 Å². The minimum Gasteiger partial charge on any atom is -0.469 e. The van der Waals surface area contributed by atoms with Gasteiger partial charge in [0.15, 0.2) is 0 Å². The number of hydrogen-bond acceptors (Lipinski definition) is 6. The predicted molar refractivity (Wildman–Crippen MR) is 87.6 cm³/mol. The van der Waals surface area contributed by atoms with Gasteiger partial charge in [-0.3, -0.25) is 33.5 Å². The number of nitrogens with zero attached hydrogens (tertiary/aromatic N) is 2. The van der Waals surface area contributed by atoms with Crippen LogP contribution in [-0.2, 0) is 22.6 Å². The summed E-state index contributed by atoms with van der Waals surface area (Å²) in [6.07, 6.45) is 2.66. The Morgan fingerprint density at radius 1 is 0.960 bits per heavy atom. The largest absolute Gasteiger partial charge is 0.469 e. The number of esters is 1. The van der Waals surface area contributed by atoms with Crippen LogP contribution in [0.4, 0.5) is 0 Å². The average molecular weight is 350 g/mol. The van der Waals surface area contributed by atoms with Crippen molar-refractivity contribution >= 4 is 5.97 Å². The van der Waals surface area contributed by atoms with Gasteiger partial charge in [-0.15, -0.1) is 0 Å². The summed E-state index contributed by atoms with van der Waals surface area (Å²) < 4.78 is 7.07. The molecule has 0 unspecified atom stereocenters. The van der Waals surface area contributed by atoms with Crippen molar-refractivity contribution in [1.82, 2.24) is 19.1 Å². The zero-order valence-corrected chi connectivity index (χ0v) is 14.0. The summed E-state index contributed by atoms with van der Waals surface area (Å²) in [6, 6.07) is 0. The summed E-state index contributed by atoms with van der Waals surface area (Å²) in [5, 5.41) is 0. The summed E-state index contributed by atoms with van der Waals surface area (Å²) >= 11 is 0. The number of carbonyl (C=O) groups excluding carboxylic acids is 1. The second-order valence-corrected chi connectivity index (χ2v) is 5.67. The highest BCUT2D eigenvalue weighted by atomic mass is 16.5. The van der Waals surface area contributed by atoms with E-state index < -0.39 is 34.4 Å². The Hall–Kier alpha value is -3.17. The molecule has 0 saturated heterocycles. The topological polar surface area (TPSA) is 136 Å². The molecule has 2 aromatic heterocycles. The molecule has 2 N–H and O–H groups in total. The maximum Gasteiger partial charge on any atom is 0.328 e. The summed E-state index contributed by atoms with van der Waals surface area (Å²) in [4.78, 5) is 63.0. The minimum absolute atomic E-state index is 0.103. The Labute approximate surface area is 140 Å². The first kappa shape index (κ1) is 18.2. The van der Waals surface area contributed by atoms with Gasteiger partial charge in [0.1, 0.15) is 0 Å². The third kappa shape index (κ3) is 4.03. The van der Waals surface area contributed by atoms with Gasteiger partial charge in [0.2, 0.25) is 0 Å². The Morgan fingerprint density at radius 3 is 1.72 bits per heavy atom. The van der Waals surface area contributed by atoms with Crippen LogP contribution >= 0.6 is 0 Å². The van der Waals surface area contributed by atoms with Gasteiger partial charge in [0.05, 0.1) is 13.0 Å². The molecule has 2 heterocycles. The van der Waals surface area contributed by atoms with Crippen molar-refractivity contribution in [3.63, 3.8) is 0 Å². The van der Waals surface area contributed by atoms with E-state index in [1.54, 1.807) is 0 Å². The van der Waals surface area contributed by atoms with Crippen LogP contribution in [0.1, 0.15) is 11.1 Å². The van der Waals surface area contributed by atoms with E-state index in [1.807, 2.05) is 0 Å². The Morgan fingerprint density at radius 2 is 1.36 bits per heavy atom. The fourth-order valence-electron chi connectivity index (χ4n) is 2.36. The van der Waals surface area contributed by atoms with Crippen LogP contribution < -0.4 is 22.5 Å². The first-order valence-electron chi connectivity index (χ1n) is 7.41. The van der Waals surface area contributed by atoms with Crippen molar-refractivity contribution in [2.75, 3.05) is 7.11 Å². The Bertz CT molecular complexity index is 950. The molecule has 10 nitrogen and oxygen atoms in total. The molecule has 10 heteroatoms. The minimum atomic E-state index is -0.879. The summed E-state index contributed by atoms with van der Waals surface area (Å²) in [5.74, 6) is -1.51. The number of aryl methyl sites for hydroxylation is 2. The maximum atomic E-state index is 12.1. The van der Waals surface area contributed by atoms with Crippen molar-refractivity contribution < 1.29 is 9.53 Å². The van der Waals surface area contributed by atoms with E-state index in [1.165, 1.54) is 42.5 Å². The monoisotopic (exact) mass is 350 g/mol. The molecule has 0 bridgehead atoms. The summed E-state index contributed by atoms with van der Waals surface area (Å²) in [6.45, 7) is 2.84. The van der Waals surface area contributed by atoms with Crippen LogP contribution in [-0.4, -0.2) is 32.2 Å². The lowest BCUT2D eigenvalue weighted by Crippen LogP contribution is -2.38. The van der Waals surface area contributed by atoms with Crippen LogP contribution in [0, 0.1) is 19.8 Å². The number of hydrogen-bond donors (Lipinski definition) is 2. The molecule has 0 spiro atoms. The third-order valence-corrected chi connectivity index (χ3v) is 3.75. The lowest BCUT2D eigenvalue weighted by atomic mass is 10.1. The number of carbonyl (C=O) groups is 1. The molecule has 2 aromatic rings. The highest BCUT2D eigenvalue weighted by molar-refractivity contribution is 5.72. The molecule has 0 fully saturated rings. The normalized spacial score (nSPS) is 10.9. The summed E-state index contributed by atoms with van der Waals surface area (Å²) in [7, 11) is 1.19. The van der Waals surface area contributed by atoms with Crippen molar-refractivity contribution in [3.8, 4) is 0 Å². The number of H-pyrrole nitrogens is 2. The maximum absolute atomic E-state index is 12.1. The molecule has 0 aliphatic rings.